The standard InChI is InChI=1S/C23H27N7O/c1-28-12-14-30(15-13-28)20-10-8-19(9-11-20)26-21-16-22(25-17-24-21)29(2)23(31)27-18-6-4-3-5-7-18/h3-11,16-17H,12-15H2,1-2H3,(H,27,31)(H,24,25,26). The van der Waals surface area contributed by atoms with Gasteiger partial charge in [-0.25, -0.2) is 14.8 Å². The van der Waals surface area contributed by atoms with Gasteiger partial charge in [-0.15, -0.1) is 0 Å². The van der Waals surface area contributed by atoms with Gasteiger partial charge in [0.05, 0.1) is 0 Å². The van der Waals surface area contributed by atoms with Crippen LogP contribution in [0.25, 0.3) is 0 Å². The first-order valence-electron chi connectivity index (χ1n) is 10.3. The van der Waals surface area contributed by atoms with E-state index in [1.807, 2.05) is 42.5 Å². The van der Waals surface area contributed by atoms with Gasteiger partial charge in [-0.3, -0.25) is 4.90 Å². The quantitative estimate of drug-likeness (QED) is 0.660. The Bertz CT molecular complexity index is 1000. The molecule has 1 aliphatic rings. The van der Waals surface area contributed by atoms with Crippen molar-refractivity contribution < 1.29 is 4.79 Å². The molecule has 0 saturated carbocycles. The lowest BCUT2D eigenvalue weighted by molar-refractivity contribution is 0.258. The van der Waals surface area contributed by atoms with Crippen molar-refractivity contribution in [1.82, 2.24) is 14.9 Å². The van der Waals surface area contributed by atoms with Crippen LogP contribution >= 0.6 is 0 Å². The van der Waals surface area contributed by atoms with Crippen LogP contribution in [0.5, 0.6) is 0 Å². The Balaban J connectivity index is 1.39. The maximum absolute atomic E-state index is 12.5. The summed E-state index contributed by atoms with van der Waals surface area (Å²) >= 11 is 0. The van der Waals surface area contributed by atoms with E-state index in [9.17, 15) is 4.79 Å². The predicted molar refractivity (Wildman–Crippen MR) is 125 cm³/mol. The van der Waals surface area contributed by atoms with E-state index < -0.39 is 0 Å². The highest BCUT2D eigenvalue weighted by Crippen LogP contribution is 2.23. The first-order chi connectivity index (χ1) is 15.1. The molecule has 2 heterocycles. The van der Waals surface area contributed by atoms with Crippen LogP contribution in [0.3, 0.4) is 0 Å². The molecule has 160 valence electrons. The molecule has 8 heteroatoms. The van der Waals surface area contributed by atoms with Gasteiger partial charge < -0.3 is 20.4 Å². The highest BCUT2D eigenvalue weighted by Gasteiger charge is 2.15. The average Bonchev–Trinajstić information content (AvgIpc) is 2.80. The monoisotopic (exact) mass is 417 g/mol. The minimum Gasteiger partial charge on any atom is -0.369 e. The van der Waals surface area contributed by atoms with Crippen molar-refractivity contribution >= 4 is 34.7 Å². The van der Waals surface area contributed by atoms with Crippen LogP contribution in [0, 0.1) is 0 Å². The Morgan fingerprint density at radius 2 is 1.65 bits per heavy atom. The number of anilines is 5. The minimum atomic E-state index is -0.271. The summed E-state index contributed by atoms with van der Waals surface area (Å²) in [5, 5.41) is 6.14. The largest absolute Gasteiger partial charge is 0.369 e. The number of carbonyl (C=O) groups is 1. The third-order valence-corrected chi connectivity index (χ3v) is 5.33. The molecule has 2 amide bonds. The van der Waals surface area contributed by atoms with Crippen molar-refractivity contribution in [3.8, 4) is 0 Å². The molecule has 2 aromatic carbocycles. The number of likely N-dealkylation sites (N-methyl/N-ethyl adjacent to an activating group) is 1. The van der Waals surface area contributed by atoms with Gasteiger partial charge in [0.2, 0.25) is 0 Å². The fourth-order valence-corrected chi connectivity index (χ4v) is 3.40. The summed E-state index contributed by atoms with van der Waals surface area (Å²) in [4.78, 5) is 27.2. The van der Waals surface area contributed by atoms with Gasteiger partial charge in [0.15, 0.2) is 0 Å². The lowest BCUT2D eigenvalue weighted by atomic mass is 10.2. The molecule has 0 spiro atoms. The smallest absolute Gasteiger partial charge is 0.327 e. The molecule has 1 aliphatic heterocycles. The molecular weight excluding hydrogens is 390 g/mol. The van der Waals surface area contributed by atoms with E-state index in [0.29, 0.717) is 11.6 Å². The number of rotatable bonds is 5. The van der Waals surface area contributed by atoms with Crippen molar-refractivity contribution in [2.24, 2.45) is 0 Å². The highest BCUT2D eigenvalue weighted by atomic mass is 16.2. The topological polar surface area (TPSA) is 76.6 Å². The molecule has 1 aromatic heterocycles. The number of aromatic nitrogens is 2. The van der Waals surface area contributed by atoms with Crippen molar-refractivity contribution in [2.75, 3.05) is 60.7 Å². The number of piperazine rings is 1. The predicted octanol–water partition coefficient (Wildman–Crippen LogP) is 3.64. The first-order valence-corrected chi connectivity index (χ1v) is 10.3. The number of benzene rings is 2. The summed E-state index contributed by atoms with van der Waals surface area (Å²) in [5.41, 5.74) is 2.88. The molecule has 3 aromatic rings. The molecule has 4 rings (SSSR count). The summed E-state index contributed by atoms with van der Waals surface area (Å²) in [7, 11) is 3.83. The highest BCUT2D eigenvalue weighted by molar-refractivity contribution is 6.00. The summed E-state index contributed by atoms with van der Waals surface area (Å²) in [6.07, 6.45) is 1.45. The van der Waals surface area contributed by atoms with Crippen LogP contribution in [0.15, 0.2) is 67.0 Å². The number of para-hydroxylation sites is 1. The zero-order chi connectivity index (χ0) is 21.6. The van der Waals surface area contributed by atoms with Gasteiger partial charge in [0.1, 0.15) is 18.0 Å². The van der Waals surface area contributed by atoms with Crippen LogP contribution in [0.2, 0.25) is 0 Å². The summed E-state index contributed by atoms with van der Waals surface area (Å²) in [5.74, 6) is 1.12. The van der Waals surface area contributed by atoms with Crippen molar-refractivity contribution in [3.63, 3.8) is 0 Å². The molecule has 8 nitrogen and oxygen atoms in total. The Kier molecular flexibility index (Phi) is 6.28. The van der Waals surface area contributed by atoms with E-state index >= 15 is 0 Å². The molecule has 0 aliphatic carbocycles. The molecule has 31 heavy (non-hydrogen) atoms. The Hall–Kier alpha value is -3.65. The SMILES string of the molecule is CN1CCN(c2ccc(Nc3cc(N(C)C(=O)Nc4ccccc4)ncn3)cc2)CC1. The van der Waals surface area contributed by atoms with Crippen LogP contribution in [0.1, 0.15) is 0 Å². The lowest BCUT2D eigenvalue weighted by Crippen LogP contribution is -2.44. The van der Waals surface area contributed by atoms with Gasteiger partial charge in [-0.1, -0.05) is 18.2 Å². The molecule has 0 unspecified atom stereocenters. The van der Waals surface area contributed by atoms with E-state index in [4.69, 9.17) is 0 Å². The second kappa shape index (κ2) is 9.44. The van der Waals surface area contributed by atoms with Gasteiger partial charge >= 0.3 is 6.03 Å². The summed E-state index contributed by atoms with van der Waals surface area (Å²) in [6.45, 7) is 4.23. The molecule has 1 saturated heterocycles. The van der Waals surface area contributed by atoms with Gasteiger partial charge in [-0.2, -0.15) is 0 Å². The van der Waals surface area contributed by atoms with E-state index in [1.54, 1.807) is 13.1 Å². The molecule has 2 N–H and O–H groups in total. The van der Waals surface area contributed by atoms with E-state index in [2.05, 4.69) is 49.6 Å². The van der Waals surface area contributed by atoms with Crippen LogP contribution in [-0.2, 0) is 0 Å². The molecule has 0 atom stereocenters. The zero-order valence-corrected chi connectivity index (χ0v) is 17.8. The maximum atomic E-state index is 12.5. The van der Waals surface area contributed by atoms with Crippen LogP contribution in [-0.4, -0.2) is 61.2 Å². The number of nitrogens with one attached hydrogen (secondary N) is 2. The summed E-state index contributed by atoms with van der Waals surface area (Å²) in [6, 6.07) is 19.1. The number of amides is 2. The number of urea groups is 1. The Morgan fingerprint density at radius 1 is 0.935 bits per heavy atom. The van der Waals surface area contributed by atoms with Crippen molar-refractivity contribution in [2.45, 2.75) is 0 Å². The van der Waals surface area contributed by atoms with Gasteiger partial charge in [0.25, 0.3) is 0 Å². The van der Waals surface area contributed by atoms with Crippen molar-refractivity contribution in [3.05, 3.63) is 67.0 Å². The Morgan fingerprint density at radius 3 is 2.35 bits per heavy atom. The number of hydrogen-bond acceptors (Lipinski definition) is 6. The number of hydrogen-bond donors (Lipinski definition) is 2. The molecule has 0 radical (unpaired) electrons. The lowest BCUT2D eigenvalue weighted by Gasteiger charge is -2.34. The second-order valence-electron chi connectivity index (χ2n) is 7.58. The van der Waals surface area contributed by atoms with E-state index in [0.717, 1.165) is 37.6 Å². The average molecular weight is 418 g/mol. The van der Waals surface area contributed by atoms with Crippen LogP contribution in [0.4, 0.5) is 33.5 Å². The molecule has 0 bridgehead atoms. The first kappa shape index (κ1) is 20.6. The van der Waals surface area contributed by atoms with Crippen molar-refractivity contribution in [1.29, 1.82) is 0 Å². The zero-order valence-electron chi connectivity index (χ0n) is 17.8. The van der Waals surface area contributed by atoms with E-state index in [1.165, 1.54) is 16.9 Å². The fourth-order valence-electron chi connectivity index (χ4n) is 3.40. The number of nitrogens with zero attached hydrogens (tertiary/aromatic N) is 5. The number of carbonyl (C=O) groups excluding carboxylic acids is 1. The molecule has 1 fully saturated rings. The summed E-state index contributed by atoms with van der Waals surface area (Å²) < 4.78 is 0. The molecular formula is C23H27N7O. The van der Waals surface area contributed by atoms with E-state index in [-0.39, 0.29) is 6.03 Å². The third-order valence-electron chi connectivity index (χ3n) is 5.33. The van der Waals surface area contributed by atoms with Gasteiger partial charge in [-0.05, 0) is 43.4 Å². The van der Waals surface area contributed by atoms with Gasteiger partial charge in [0, 0.05) is 56.4 Å². The Labute approximate surface area is 182 Å². The van der Waals surface area contributed by atoms with Crippen LogP contribution < -0.4 is 20.4 Å². The second-order valence-corrected chi connectivity index (χ2v) is 7.58. The third kappa shape index (κ3) is 5.29. The normalized spacial score (nSPS) is 14.2. The minimum absolute atomic E-state index is 0.271. The maximum Gasteiger partial charge on any atom is 0.327 e. The fraction of sp³-hybridized carbons (Fsp3) is 0.261.